The first kappa shape index (κ1) is 23.6. The van der Waals surface area contributed by atoms with Crippen molar-refractivity contribution < 1.29 is 0 Å². The Balaban J connectivity index is 1.05. The maximum absolute atomic E-state index is 5.03. The number of aromatic amines is 1. The molecular weight excluding hydrogens is 510 g/mol. The van der Waals surface area contributed by atoms with Crippen LogP contribution in [0.2, 0.25) is 0 Å². The number of fused-ring (bicyclic) bond motifs is 6. The van der Waals surface area contributed by atoms with E-state index in [9.17, 15) is 0 Å². The molecule has 0 amide bonds. The molecule has 2 saturated heterocycles. The number of hydrogen-bond acceptors (Lipinski definition) is 5. The van der Waals surface area contributed by atoms with Crippen molar-refractivity contribution in [3.05, 3.63) is 71.2 Å². The molecule has 5 aliphatic rings. The minimum absolute atomic E-state index is 0.372. The van der Waals surface area contributed by atoms with E-state index in [4.69, 9.17) is 9.98 Å². The molecule has 4 aromatic rings. The van der Waals surface area contributed by atoms with E-state index in [1.165, 1.54) is 88.4 Å². The molecular formula is C34H35N5S. The molecule has 9 rings (SSSR count). The van der Waals surface area contributed by atoms with Crippen LogP contribution in [0, 0.1) is 0 Å². The van der Waals surface area contributed by atoms with Crippen molar-refractivity contribution >= 4 is 22.7 Å². The predicted molar refractivity (Wildman–Crippen MR) is 164 cm³/mol. The topological polar surface area (TPSA) is 65.1 Å². The van der Waals surface area contributed by atoms with Crippen LogP contribution in [0.1, 0.15) is 85.3 Å². The van der Waals surface area contributed by atoms with Gasteiger partial charge in [0.25, 0.3) is 0 Å². The van der Waals surface area contributed by atoms with Crippen molar-refractivity contribution in [2.75, 3.05) is 13.1 Å². The Hall–Kier alpha value is -3.06. The maximum Gasteiger partial charge on any atom is 0.123 e. The number of aliphatic imine (C=N–C) groups is 1. The Morgan fingerprint density at radius 2 is 1.55 bits per heavy atom. The van der Waals surface area contributed by atoms with Gasteiger partial charge < -0.3 is 15.6 Å². The number of nitrogens with one attached hydrogen (secondary N) is 3. The lowest BCUT2D eigenvalue weighted by Crippen LogP contribution is -2.30. The van der Waals surface area contributed by atoms with Crippen molar-refractivity contribution in [1.29, 1.82) is 0 Å². The highest BCUT2D eigenvalue weighted by atomic mass is 32.1. The lowest BCUT2D eigenvalue weighted by Gasteiger charge is -2.22. The summed E-state index contributed by atoms with van der Waals surface area (Å²) >= 11 is 1.91. The van der Waals surface area contributed by atoms with Gasteiger partial charge >= 0.3 is 0 Å². The third-order valence-corrected chi connectivity index (χ3v) is 11.3. The average molecular weight is 546 g/mol. The second-order valence-electron chi connectivity index (χ2n) is 12.5. The lowest BCUT2D eigenvalue weighted by atomic mass is 9.82. The molecule has 2 aliphatic carbocycles. The summed E-state index contributed by atoms with van der Waals surface area (Å²) in [7, 11) is 0. The molecule has 6 heteroatoms. The van der Waals surface area contributed by atoms with Gasteiger partial charge in [0.2, 0.25) is 0 Å². The van der Waals surface area contributed by atoms with Gasteiger partial charge in [-0.25, -0.2) is 4.98 Å². The summed E-state index contributed by atoms with van der Waals surface area (Å²) in [6.45, 7) is 2.21. The average Bonchev–Trinajstić information content (AvgIpc) is 3.84. The van der Waals surface area contributed by atoms with Gasteiger partial charge in [-0.05, 0) is 128 Å². The van der Waals surface area contributed by atoms with Crippen LogP contribution >= 0.6 is 11.3 Å². The monoisotopic (exact) mass is 545 g/mol. The second kappa shape index (κ2) is 9.23. The molecule has 4 atom stereocenters. The molecule has 5 nitrogen and oxygen atoms in total. The van der Waals surface area contributed by atoms with Gasteiger partial charge in [-0.15, -0.1) is 11.3 Å². The van der Waals surface area contributed by atoms with Crippen molar-refractivity contribution in [2.45, 2.75) is 75.3 Å². The van der Waals surface area contributed by atoms with E-state index in [1.54, 1.807) is 11.1 Å². The Morgan fingerprint density at radius 1 is 0.775 bits per heavy atom. The maximum atomic E-state index is 5.03. The summed E-state index contributed by atoms with van der Waals surface area (Å²) in [5, 5.41) is 7.20. The summed E-state index contributed by atoms with van der Waals surface area (Å²) in [6.07, 6.45) is 11.9. The number of rotatable bonds is 5. The minimum atomic E-state index is 0.372. The zero-order valence-electron chi connectivity index (χ0n) is 22.8. The van der Waals surface area contributed by atoms with E-state index in [1.807, 2.05) is 17.5 Å². The fraction of sp³-hybridized carbons (Fsp3) is 0.412. The van der Waals surface area contributed by atoms with Gasteiger partial charge in [0, 0.05) is 23.1 Å². The molecule has 3 aliphatic heterocycles. The quantitative estimate of drug-likeness (QED) is 0.241. The van der Waals surface area contributed by atoms with Gasteiger partial charge in [-0.1, -0.05) is 18.2 Å². The van der Waals surface area contributed by atoms with Crippen LogP contribution in [0.15, 0.2) is 53.7 Å². The third-order valence-electron chi connectivity index (χ3n) is 10.1. The Kier molecular flexibility index (Phi) is 5.45. The number of nitrogens with zero attached hydrogens (tertiary/aromatic N) is 2. The van der Waals surface area contributed by atoms with Crippen LogP contribution in [0.4, 0.5) is 5.69 Å². The fourth-order valence-corrected chi connectivity index (χ4v) is 9.25. The Morgan fingerprint density at radius 3 is 2.38 bits per heavy atom. The van der Waals surface area contributed by atoms with Crippen molar-refractivity contribution in [2.24, 2.45) is 4.99 Å². The highest BCUT2D eigenvalue weighted by Gasteiger charge is 2.40. The molecule has 5 heterocycles. The third kappa shape index (κ3) is 3.73. The first-order valence-electron chi connectivity index (χ1n) is 15.3. The zero-order valence-corrected chi connectivity index (χ0v) is 23.6. The highest BCUT2D eigenvalue weighted by molar-refractivity contribution is 7.18. The predicted octanol–water partition coefficient (Wildman–Crippen LogP) is 7.64. The van der Waals surface area contributed by atoms with Gasteiger partial charge in [0.15, 0.2) is 0 Å². The Bertz CT molecular complexity index is 1650. The van der Waals surface area contributed by atoms with Crippen LogP contribution in [0.5, 0.6) is 0 Å². The number of hydrogen-bond donors (Lipinski definition) is 3. The van der Waals surface area contributed by atoms with E-state index in [0.717, 1.165) is 31.0 Å². The van der Waals surface area contributed by atoms with E-state index in [-0.39, 0.29) is 0 Å². The van der Waals surface area contributed by atoms with Crippen LogP contribution in [-0.4, -0.2) is 34.8 Å². The summed E-state index contributed by atoms with van der Waals surface area (Å²) in [5.74, 6) is 2.48. The summed E-state index contributed by atoms with van der Waals surface area (Å²) in [4.78, 5) is 16.0. The second-order valence-corrected chi connectivity index (χ2v) is 13.5. The molecule has 2 aromatic carbocycles. The first-order chi connectivity index (χ1) is 19.8. The van der Waals surface area contributed by atoms with Crippen molar-refractivity contribution in [3.63, 3.8) is 0 Å². The SMILES string of the molecule is c1cc2c(cc1-c1ccc(-c3ccc(-c4cnc([C@@H]5CCCN5)[nH]4)s3)c3c1C1CCC3C1)CC([C@@H]1CCCN1)=N2. The summed E-state index contributed by atoms with van der Waals surface area (Å²) in [5.41, 5.74) is 12.6. The van der Waals surface area contributed by atoms with Gasteiger partial charge in [0.1, 0.15) is 5.82 Å². The van der Waals surface area contributed by atoms with Gasteiger partial charge in [-0.2, -0.15) is 0 Å². The molecule has 202 valence electrons. The minimum Gasteiger partial charge on any atom is -0.340 e. The van der Waals surface area contributed by atoms with E-state index >= 15 is 0 Å². The molecule has 0 spiro atoms. The van der Waals surface area contributed by atoms with Crippen molar-refractivity contribution in [1.82, 2.24) is 20.6 Å². The molecule has 0 radical (unpaired) electrons. The van der Waals surface area contributed by atoms with Crippen LogP contribution in [0.3, 0.4) is 0 Å². The number of aromatic nitrogens is 2. The lowest BCUT2D eigenvalue weighted by molar-refractivity contribution is 0.613. The molecule has 1 saturated carbocycles. The summed E-state index contributed by atoms with van der Waals surface area (Å²) < 4.78 is 0. The van der Waals surface area contributed by atoms with E-state index in [0.29, 0.717) is 23.9 Å². The number of benzene rings is 2. The number of thiophene rings is 1. The standard InChI is InChI=1S/C34H35N5S/c1-3-26(35-13-1)28-17-22-15-19(7-10-25(22)38-28)23-8-9-24(33-21-6-5-20(16-21)32(23)33)30-11-12-31(40-30)29-18-37-34(39-29)27-4-2-14-36-27/h7-12,15,18,20-21,26-27,35-36H,1-6,13-14,16-17H2,(H,37,39)/t20?,21?,26-,27-/m0/s1. The molecule has 2 unspecified atom stereocenters. The zero-order chi connectivity index (χ0) is 26.2. The summed E-state index contributed by atoms with van der Waals surface area (Å²) in [6, 6.07) is 17.3. The molecule has 2 aromatic heterocycles. The molecule has 3 fully saturated rings. The smallest absolute Gasteiger partial charge is 0.123 e. The fourth-order valence-electron chi connectivity index (χ4n) is 8.24. The van der Waals surface area contributed by atoms with Gasteiger partial charge in [0.05, 0.1) is 28.5 Å². The van der Waals surface area contributed by atoms with Crippen LogP contribution < -0.4 is 10.6 Å². The highest BCUT2D eigenvalue weighted by Crippen LogP contribution is 2.59. The Labute approximate surface area is 239 Å². The molecule has 2 bridgehead atoms. The van der Waals surface area contributed by atoms with E-state index in [2.05, 4.69) is 58.1 Å². The number of H-pyrrole nitrogens is 1. The first-order valence-corrected chi connectivity index (χ1v) is 16.1. The van der Waals surface area contributed by atoms with Gasteiger partial charge in [-0.3, -0.25) is 4.99 Å². The largest absolute Gasteiger partial charge is 0.340 e. The molecule has 3 N–H and O–H groups in total. The molecule has 40 heavy (non-hydrogen) atoms. The normalized spacial score (nSPS) is 26.4. The van der Waals surface area contributed by atoms with E-state index < -0.39 is 0 Å². The van der Waals surface area contributed by atoms with Crippen molar-refractivity contribution in [3.8, 4) is 32.1 Å². The van der Waals surface area contributed by atoms with Crippen LogP contribution in [0.25, 0.3) is 32.1 Å². The van der Waals surface area contributed by atoms with Crippen LogP contribution in [-0.2, 0) is 6.42 Å². The number of imidazole rings is 1.